The Bertz CT molecular complexity index is 3090. The van der Waals surface area contributed by atoms with Crippen molar-refractivity contribution in [3.8, 4) is 27.9 Å². The van der Waals surface area contributed by atoms with Gasteiger partial charge in [0.25, 0.3) is 0 Å². The summed E-state index contributed by atoms with van der Waals surface area (Å²) < 4.78 is 5.04. The van der Waals surface area contributed by atoms with Crippen molar-refractivity contribution in [1.29, 1.82) is 0 Å². The Kier molecular flexibility index (Phi) is 7.87. The van der Waals surface area contributed by atoms with Gasteiger partial charge < -0.3 is 9.88 Å². The predicted molar refractivity (Wildman–Crippen MR) is 236 cm³/mol. The SMILES string of the molecule is c1ccc(-c2cccc(-c3ccc(C4NC(c5ccc6c7ccccc7n(-c7cccc8c7sc7ccccc78)c6c5)=NC(c5ccccc5)N4)cc3)c2)cc1. The molecule has 0 aliphatic carbocycles. The molecule has 0 amide bonds. The fourth-order valence-electron chi connectivity index (χ4n) is 8.35. The van der Waals surface area contributed by atoms with E-state index < -0.39 is 0 Å². The van der Waals surface area contributed by atoms with Gasteiger partial charge in [0, 0.05) is 31.8 Å². The van der Waals surface area contributed by atoms with Crippen LogP contribution < -0.4 is 10.6 Å². The molecule has 0 bridgehead atoms. The van der Waals surface area contributed by atoms with Crippen LogP contribution >= 0.6 is 11.3 Å². The number of hydrogen-bond acceptors (Lipinski definition) is 4. The van der Waals surface area contributed by atoms with Crippen molar-refractivity contribution in [3.63, 3.8) is 0 Å². The van der Waals surface area contributed by atoms with Crippen LogP contribution in [0.5, 0.6) is 0 Å². The largest absolute Gasteiger partial charge is 0.350 e. The number of benzene rings is 8. The zero-order valence-electron chi connectivity index (χ0n) is 30.4. The van der Waals surface area contributed by atoms with Crippen LogP contribution in [-0.4, -0.2) is 10.4 Å². The van der Waals surface area contributed by atoms with E-state index in [1.54, 1.807) is 0 Å². The molecule has 0 fully saturated rings. The third-order valence-electron chi connectivity index (χ3n) is 11.1. The smallest absolute Gasteiger partial charge is 0.131 e. The van der Waals surface area contributed by atoms with Gasteiger partial charge in [0.1, 0.15) is 18.2 Å². The van der Waals surface area contributed by atoms with Crippen LogP contribution in [0.2, 0.25) is 0 Å². The zero-order chi connectivity index (χ0) is 37.0. The molecule has 1 aliphatic rings. The summed E-state index contributed by atoms with van der Waals surface area (Å²) in [6.07, 6.45) is -0.389. The maximum Gasteiger partial charge on any atom is 0.131 e. The minimum Gasteiger partial charge on any atom is -0.350 e. The number of aliphatic imine (C=N–C) groups is 1. The van der Waals surface area contributed by atoms with E-state index in [4.69, 9.17) is 4.99 Å². The molecule has 266 valence electrons. The lowest BCUT2D eigenvalue weighted by Gasteiger charge is -2.32. The van der Waals surface area contributed by atoms with E-state index in [9.17, 15) is 0 Å². The van der Waals surface area contributed by atoms with Gasteiger partial charge in [-0.15, -0.1) is 11.3 Å². The fourth-order valence-corrected chi connectivity index (χ4v) is 9.55. The normalized spacial score (nSPS) is 15.7. The lowest BCUT2D eigenvalue weighted by atomic mass is 9.98. The van der Waals surface area contributed by atoms with E-state index in [0.717, 1.165) is 28.0 Å². The van der Waals surface area contributed by atoms with Crippen molar-refractivity contribution in [2.24, 2.45) is 4.99 Å². The topological polar surface area (TPSA) is 41.4 Å². The zero-order valence-corrected chi connectivity index (χ0v) is 31.2. The molecule has 11 rings (SSSR count). The molecule has 2 atom stereocenters. The Hall–Kier alpha value is -6.79. The summed E-state index contributed by atoms with van der Waals surface area (Å²) in [4.78, 5) is 5.33. The molecule has 0 saturated carbocycles. The molecule has 2 unspecified atom stereocenters. The standard InChI is InChI=1S/C51H36N4S/c1-3-13-33(14-4-1)37-17-11-18-38(31-37)34-25-27-36(28-26-34)50-52-49(35-15-5-2-6-16-35)53-51(54-50)39-29-30-41-40-19-7-9-22-44(40)55(46(41)32-39)45-23-12-21-43-42-20-8-10-24-47(42)56-48(43)45/h1-32,49-50,52H,(H,53,54). The van der Waals surface area contributed by atoms with Crippen LogP contribution in [0.25, 0.3) is 69.9 Å². The monoisotopic (exact) mass is 736 g/mol. The Morgan fingerprint density at radius 1 is 0.446 bits per heavy atom. The summed E-state index contributed by atoms with van der Waals surface area (Å²) in [5.41, 5.74) is 11.7. The third kappa shape index (κ3) is 5.60. The first-order valence-corrected chi connectivity index (χ1v) is 19.9. The number of hydrogen-bond donors (Lipinski definition) is 2. The van der Waals surface area contributed by atoms with Crippen LogP contribution in [0.15, 0.2) is 199 Å². The summed E-state index contributed by atoms with van der Waals surface area (Å²) in [5, 5.41) is 12.7. The summed E-state index contributed by atoms with van der Waals surface area (Å²) in [6, 6.07) is 69.8. The van der Waals surface area contributed by atoms with E-state index in [0.29, 0.717) is 0 Å². The van der Waals surface area contributed by atoms with Crippen molar-refractivity contribution < 1.29 is 0 Å². The van der Waals surface area contributed by atoms with Gasteiger partial charge in [0.2, 0.25) is 0 Å². The molecule has 2 aromatic heterocycles. The molecule has 8 aromatic carbocycles. The van der Waals surface area contributed by atoms with Gasteiger partial charge >= 0.3 is 0 Å². The maximum absolute atomic E-state index is 5.33. The number of thiophene rings is 1. The van der Waals surface area contributed by atoms with E-state index >= 15 is 0 Å². The van der Waals surface area contributed by atoms with Crippen LogP contribution in [-0.2, 0) is 0 Å². The minimum atomic E-state index is -0.228. The predicted octanol–water partition coefficient (Wildman–Crippen LogP) is 12.8. The van der Waals surface area contributed by atoms with Gasteiger partial charge in [0.15, 0.2) is 0 Å². The molecule has 0 spiro atoms. The van der Waals surface area contributed by atoms with Gasteiger partial charge in [0.05, 0.1) is 21.4 Å². The van der Waals surface area contributed by atoms with Gasteiger partial charge in [-0.25, -0.2) is 4.99 Å². The van der Waals surface area contributed by atoms with Crippen molar-refractivity contribution in [2.75, 3.05) is 0 Å². The summed E-state index contributed by atoms with van der Waals surface area (Å²) >= 11 is 1.87. The van der Waals surface area contributed by atoms with Gasteiger partial charge in [-0.05, 0) is 63.7 Å². The molecule has 3 heterocycles. The molecule has 2 N–H and O–H groups in total. The molecule has 0 saturated heterocycles. The fraction of sp³-hybridized carbons (Fsp3) is 0.0392. The molecule has 56 heavy (non-hydrogen) atoms. The first-order valence-electron chi connectivity index (χ1n) is 19.1. The molecule has 10 aromatic rings. The van der Waals surface area contributed by atoms with E-state index in [-0.39, 0.29) is 12.3 Å². The molecular formula is C51H36N4S. The van der Waals surface area contributed by atoms with E-state index in [2.05, 4.69) is 209 Å². The highest BCUT2D eigenvalue weighted by Gasteiger charge is 2.26. The lowest BCUT2D eigenvalue weighted by Crippen LogP contribution is -2.44. The highest BCUT2D eigenvalue weighted by molar-refractivity contribution is 7.26. The molecule has 4 nitrogen and oxygen atoms in total. The van der Waals surface area contributed by atoms with E-state index in [1.807, 2.05) is 11.3 Å². The number of fused-ring (bicyclic) bond motifs is 6. The number of aromatic nitrogens is 1. The second-order valence-corrected chi connectivity index (χ2v) is 15.5. The summed E-state index contributed by atoms with van der Waals surface area (Å²) in [7, 11) is 0. The molecule has 0 radical (unpaired) electrons. The number of nitrogens with zero attached hydrogens (tertiary/aromatic N) is 2. The molecular weight excluding hydrogens is 701 g/mol. The number of nitrogens with one attached hydrogen (secondary N) is 2. The minimum absolute atomic E-state index is 0.161. The highest BCUT2D eigenvalue weighted by atomic mass is 32.1. The Morgan fingerprint density at radius 3 is 1.89 bits per heavy atom. The van der Waals surface area contributed by atoms with Crippen LogP contribution in [0.3, 0.4) is 0 Å². The van der Waals surface area contributed by atoms with Gasteiger partial charge in [-0.1, -0.05) is 164 Å². The summed E-state index contributed by atoms with van der Waals surface area (Å²) in [6.45, 7) is 0. The Balaban J connectivity index is 1.00. The average Bonchev–Trinajstić information content (AvgIpc) is 3.83. The second-order valence-electron chi connectivity index (χ2n) is 14.4. The second kappa shape index (κ2) is 13.5. The quantitative estimate of drug-likeness (QED) is 0.178. The number of rotatable bonds is 6. The summed E-state index contributed by atoms with van der Waals surface area (Å²) in [5.74, 6) is 0.862. The van der Waals surface area contributed by atoms with Crippen molar-refractivity contribution >= 4 is 59.2 Å². The Morgan fingerprint density at radius 2 is 1.07 bits per heavy atom. The average molecular weight is 737 g/mol. The maximum atomic E-state index is 5.33. The lowest BCUT2D eigenvalue weighted by molar-refractivity contribution is 0.409. The Labute approximate surface area is 329 Å². The molecule has 1 aliphatic heterocycles. The van der Waals surface area contributed by atoms with Crippen LogP contribution in [0.4, 0.5) is 0 Å². The van der Waals surface area contributed by atoms with Crippen molar-refractivity contribution in [2.45, 2.75) is 12.3 Å². The highest BCUT2D eigenvalue weighted by Crippen LogP contribution is 2.41. The van der Waals surface area contributed by atoms with Crippen molar-refractivity contribution in [3.05, 3.63) is 211 Å². The van der Waals surface area contributed by atoms with E-state index in [1.165, 1.54) is 64.4 Å². The van der Waals surface area contributed by atoms with Crippen molar-refractivity contribution in [1.82, 2.24) is 15.2 Å². The first kappa shape index (κ1) is 32.6. The number of para-hydroxylation sites is 1. The van der Waals surface area contributed by atoms with Gasteiger partial charge in [-0.2, -0.15) is 0 Å². The third-order valence-corrected chi connectivity index (χ3v) is 12.3. The van der Waals surface area contributed by atoms with Crippen LogP contribution in [0, 0.1) is 0 Å². The first-order chi connectivity index (χ1) is 27.7. The van der Waals surface area contributed by atoms with Crippen LogP contribution in [0.1, 0.15) is 29.0 Å². The number of amidine groups is 1. The van der Waals surface area contributed by atoms with Gasteiger partial charge in [-0.3, -0.25) is 5.32 Å². The molecule has 5 heteroatoms.